The smallest absolute Gasteiger partial charge is 0.258 e. The van der Waals surface area contributed by atoms with E-state index >= 15 is 0 Å². The van der Waals surface area contributed by atoms with Gasteiger partial charge in [0.1, 0.15) is 5.52 Å². The minimum absolute atomic E-state index is 0.0554. The van der Waals surface area contributed by atoms with E-state index in [1.807, 2.05) is 0 Å². The Hall–Kier alpha value is -2.19. The zero-order valence-electron chi connectivity index (χ0n) is 11.2. The van der Waals surface area contributed by atoms with Crippen molar-refractivity contribution in [2.75, 3.05) is 0 Å². The second-order valence-electron chi connectivity index (χ2n) is 4.54. The summed E-state index contributed by atoms with van der Waals surface area (Å²) in [6.07, 6.45) is 3.02. The first-order valence-electron chi connectivity index (χ1n) is 6.10. The molecule has 0 saturated carbocycles. The third-order valence-electron chi connectivity index (χ3n) is 3.24. The second kappa shape index (κ2) is 5.54. The fourth-order valence-corrected chi connectivity index (χ4v) is 2.85. The minimum Gasteiger partial charge on any atom is -0.258 e. The summed E-state index contributed by atoms with van der Waals surface area (Å²) in [7, 11) is 0. The van der Waals surface area contributed by atoms with Gasteiger partial charge in [-0.3, -0.25) is 14.1 Å². The quantitative estimate of drug-likeness (QED) is 0.403. The van der Waals surface area contributed by atoms with E-state index in [-0.39, 0.29) is 28.8 Å². The summed E-state index contributed by atoms with van der Waals surface area (Å²) in [6.45, 7) is 1.79. The number of nitro benzene ring substituents is 1. The maximum absolute atomic E-state index is 13.2. The van der Waals surface area contributed by atoms with Crippen LogP contribution in [0.25, 0.3) is 22.2 Å². The Labute approximate surface area is 133 Å². The Morgan fingerprint density at radius 3 is 2.91 bits per heavy atom. The van der Waals surface area contributed by atoms with Crippen LogP contribution in [-0.2, 0) is 0 Å². The summed E-state index contributed by atoms with van der Waals surface area (Å²) < 4.78 is 14.3. The standard InChI is InChI=1S/C13H8ClFN4O2S/c1-7-5-16-13(14)17-11(7)9-6-18(22-15)12-8(9)3-2-4-10(12)19(20)21/h2-6H,1H3. The SMILES string of the molecule is Cc1cnc(Cl)nc1-c1cn(SF)c2c([N+](=O)[O-])cccc12. The van der Waals surface area contributed by atoms with E-state index in [4.69, 9.17) is 11.6 Å². The molecule has 0 unspecified atom stereocenters. The highest BCUT2D eigenvalue weighted by Gasteiger charge is 2.22. The van der Waals surface area contributed by atoms with Crippen LogP contribution in [0.2, 0.25) is 5.28 Å². The van der Waals surface area contributed by atoms with Gasteiger partial charge in [-0.2, -0.15) is 0 Å². The zero-order chi connectivity index (χ0) is 15.9. The van der Waals surface area contributed by atoms with E-state index in [2.05, 4.69) is 9.97 Å². The van der Waals surface area contributed by atoms with E-state index in [0.29, 0.717) is 16.6 Å². The van der Waals surface area contributed by atoms with Gasteiger partial charge in [0.2, 0.25) is 5.28 Å². The number of hydrogen-bond donors (Lipinski definition) is 0. The lowest BCUT2D eigenvalue weighted by Gasteiger charge is -2.03. The number of hydrogen-bond acceptors (Lipinski definition) is 5. The van der Waals surface area contributed by atoms with Crippen molar-refractivity contribution in [1.82, 2.24) is 13.9 Å². The van der Waals surface area contributed by atoms with Crippen molar-refractivity contribution in [3.63, 3.8) is 0 Å². The molecule has 0 radical (unpaired) electrons. The second-order valence-corrected chi connectivity index (χ2v) is 5.41. The fraction of sp³-hybridized carbons (Fsp3) is 0.0769. The minimum atomic E-state index is -0.543. The van der Waals surface area contributed by atoms with Crippen LogP contribution < -0.4 is 0 Å². The number of non-ortho nitro benzene ring substituents is 1. The van der Waals surface area contributed by atoms with E-state index in [9.17, 15) is 14.0 Å². The third-order valence-corrected chi connectivity index (χ3v) is 3.86. The maximum Gasteiger partial charge on any atom is 0.294 e. The van der Waals surface area contributed by atoms with Crippen LogP contribution in [-0.4, -0.2) is 18.9 Å². The molecular weight excluding hydrogens is 331 g/mol. The van der Waals surface area contributed by atoms with Crippen molar-refractivity contribution >= 4 is 40.5 Å². The van der Waals surface area contributed by atoms with Gasteiger partial charge in [-0.15, -0.1) is 3.89 Å². The average molecular weight is 339 g/mol. The van der Waals surface area contributed by atoms with Crippen molar-refractivity contribution in [3.05, 3.63) is 51.6 Å². The molecule has 3 rings (SSSR count). The average Bonchev–Trinajstić information content (AvgIpc) is 2.88. The predicted molar refractivity (Wildman–Crippen MR) is 83.5 cm³/mol. The highest BCUT2D eigenvalue weighted by atomic mass is 35.5. The predicted octanol–water partition coefficient (Wildman–Crippen LogP) is 4.35. The molecule has 1 aromatic carbocycles. The Morgan fingerprint density at radius 2 is 2.23 bits per heavy atom. The number of benzene rings is 1. The fourth-order valence-electron chi connectivity index (χ4n) is 2.32. The zero-order valence-corrected chi connectivity index (χ0v) is 12.7. The highest BCUT2D eigenvalue weighted by molar-refractivity contribution is 7.92. The van der Waals surface area contributed by atoms with E-state index < -0.39 is 4.92 Å². The van der Waals surface area contributed by atoms with Crippen LogP contribution in [0.3, 0.4) is 0 Å². The lowest BCUT2D eigenvalue weighted by molar-refractivity contribution is -0.383. The number of fused-ring (bicyclic) bond motifs is 1. The molecule has 0 N–H and O–H groups in total. The Bertz CT molecular complexity index is 899. The molecule has 2 heterocycles. The number of nitrogens with zero attached hydrogens (tertiary/aromatic N) is 4. The molecule has 0 spiro atoms. The first kappa shape index (κ1) is 14.7. The van der Waals surface area contributed by atoms with Crippen LogP contribution in [0.15, 0.2) is 30.6 Å². The molecule has 9 heteroatoms. The Balaban J connectivity index is 2.39. The normalized spacial score (nSPS) is 11.0. The number of halogens is 2. The molecule has 0 aliphatic rings. The Morgan fingerprint density at radius 1 is 1.45 bits per heavy atom. The van der Waals surface area contributed by atoms with Gasteiger partial charge in [0.25, 0.3) is 5.69 Å². The van der Waals surface area contributed by atoms with Crippen LogP contribution in [0.5, 0.6) is 0 Å². The van der Waals surface area contributed by atoms with Crippen LogP contribution in [0.4, 0.5) is 9.57 Å². The van der Waals surface area contributed by atoms with Crippen LogP contribution in [0, 0.1) is 17.0 Å². The molecular formula is C13H8ClFN4O2S. The maximum atomic E-state index is 13.2. The van der Waals surface area contributed by atoms with E-state index in [0.717, 1.165) is 9.54 Å². The van der Waals surface area contributed by atoms with Gasteiger partial charge < -0.3 is 0 Å². The number of para-hydroxylation sites is 1. The molecule has 0 aliphatic heterocycles. The summed E-state index contributed by atoms with van der Waals surface area (Å²) in [5, 5.41) is 11.7. The molecule has 112 valence electrons. The summed E-state index contributed by atoms with van der Waals surface area (Å²) in [5.74, 6) is 0. The molecule has 2 aromatic heterocycles. The lowest BCUT2D eigenvalue weighted by Crippen LogP contribution is -1.92. The van der Waals surface area contributed by atoms with Gasteiger partial charge in [-0.05, 0) is 24.1 Å². The largest absolute Gasteiger partial charge is 0.294 e. The molecule has 0 aliphatic carbocycles. The van der Waals surface area contributed by atoms with Gasteiger partial charge >= 0.3 is 0 Å². The highest BCUT2D eigenvalue weighted by Crippen LogP contribution is 2.38. The Kier molecular flexibility index (Phi) is 3.71. The van der Waals surface area contributed by atoms with E-state index in [1.54, 1.807) is 25.3 Å². The first-order valence-corrected chi connectivity index (χ1v) is 7.15. The molecule has 0 fully saturated rings. The molecule has 0 amide bonds. The monoisotopic (exact) mass is 338 g/mol. The van der Waals surface area contributed by atoms with Crippen molar-refractivity contribution in [2.24, 2.45) is 0 Å². The molecule has 0 saturated heterocycles. The van der Waals surface area contributed by atoms with Crippen molar-refractivity contribution in [3.8, 4) is 11.3 Å². The summed E-state index contributed by atoms with van der Waals surface area (Å²) >= 11 is 5.72. The van der Waals surface area contributed by atoms with Gasteiger partial charge in [0.15, 0.2) is 12.3 Å². The number of aryl methyl sites for hydroxylation is 1. The third kappa shape index (κ3) is 2.30. The molecule has 0 bridgehead atoms. The van der Waals surface area contributed by atoms with E-state index in [1.165, 1.54) is 12.3 Å². The van der Waals surface area contributed by atoms with Crippen molar-refractivity contribution < 1.29 is 8.81 Å². The van der Waals surface area contributed by atoms with Crippen molar-refractivity contribution in [2.45, 2.75) is 6.92 Å². The summed E-state index contributed by atoms with van der Waals surface area (Å²) in [6, 6.07) is 4.56. The number of aromatic nitrogens is 3. The summed E-state index contributed by atoms with van der Waals surface area (Å²) in [5.41, 5.74) is 1.82. The van der Waals surface area contributed by atoms with Gasteiger partial charge in [0, 0.05) is 29.4 Å². The molecule has 0 atom stereocenters. The number of rotatable bonds is 3. The molecule has 22 heavy (non-hydrogen) atoms. The van der Waals surface area contributed by atoms with Crippen molar-refractivity contribution in [1.29, 1.82) is 0 Å². The van der Waals surface area contributed by atoms with Gasteiger partial charge in [-0.25, -0.2) is 9.97 Å². The van der Waals surface area contributed by atoms with Gasteiger partial charge in [0.05, 0.1) is 10.6 Å². The molecule has 3 aromatic rings. The van der Waals surface area contributed by atoms with Crippen LogP contribution in [0.1, 0.15) is 5.56 Å². The topological polar surface area (TPSA) is 73.8 Å². The van der Waals surface area contributed by atoms with Gasteiger partial charge in [-0.1, -0.05) is 12.1 Å². The molecule has 6 nitrogen and oxygen atoms in total. The first-order chi connectivity index (χ1) is 10.5. The number of nitro groups is 1. The van der Waals surface area contributed by atoms with Crippen LogP contribution >= 0.6 is 23.9 Å². The summed E-state index contributed by atoms with van der Waals surface area (Å²) in [4.78, 5) is 18.7. The lowest BCUT2D eigenvalue weighted by atomic mass is 10.1.